The van der Waals surface area contributed by atoms with Crippen molar-refractivity contribution in [2.45, 2.75) is 57.1 Å². The number of morpholine rings is 1. The van der Waals surface area contributed by atoms with Gasteiger partial charge in [-0.1, -0.05) is 12.1 Å². The zero-order valence-corrected chi connectivity index (χ0v) is 19.9. The average Bonchev–Trinajstić information content (AvgIpc) is 3.47. The van der Waals surface area contributed by atoms with E-state index in [9.17, 15) is 22.8 Å². The highest BCUT2D eigenvalue weighted by atomic mass is 19.4. The minimum atomic E-state index is -4.46. The molecule has 36 heavy (non-hydrogen) atoms. The maximum Gasteiger partial charge on any atom is 0.408 e. The summed E-state index contributed by atoms with van der Waals surface area (Å²) in [6.07, 6.45) is -3.45. The summed E-state index contributed by atoms with van der Waals surface area (Å²) in [6.45, 7) is 3.43. The van der Waals surface area contributed by atoms with E-state index in [0.717, 1.165) is 12.0 Å². The zero-order valence-electron chi connectivity index (χ0n) is 19.9. The predicted molar refractivity (Wildman–Crippen MR) is 129 cm³/mol. The standard InChI is InChI=1S/C24H29F3N6O3/c1-2-28-22(35)29-16-5-3-15(4-6-16)7-9-31-19(24(25,26)27)8-10-32-21(34)12-20(30-23(31)32)33-13-18-11-17(33)14-36-18/h3-6,12,17-19H,2,7-11,13-14H2,1H3,(H2,28,29,35)/t17-,18-,19?/m0/s1. The smallest absolute Gasteiger partial charge is 0.374 e. The van der Waals surface area contributed by atoms with E-state index in [-0.39, 0.29) is 49.2 Å². The fourth-order valence-electron chi connectivity index (χ4n) is 5.22. The number of carbonyl (C=O) groups is 1. The number of hydrogen-bond acceptors (Lipinski definition) is 6. The number of alkyl halides is 3. The number of aromatic nitrogens is 2. The van der Waals surface area contributed by atoms with E-state index in [1.54, 1.807) is 24.3 Å². The van der Waals surface area contributed by atoms with Gasteiger partial charge in [-0.2, -0.15) is 18.2 Å². The lowest BCUT2D eigenvalue weighted by Crippen LogP contribution is -2.53. The first-order valence-corrected chi connectivity index (χ1v) is 12.2. The highest BCUT2D eigenvalue weighted by Gasteiger charge is 2.47. The van der Waals surface area contributed by atoms with Crippen LogP contribution in [-0.2, 0) is 17.7 Å². The van der Waals surface area contributed by atoms with Gasteiger partial charge in [-0.15, -0.1) is 0 Å². The van der Waals surface area contributed by atoms with Crippen molar-refractivity contribution in [3.63, 3.8) is 0 Å². The third-order valence-electron chi connectivity index (χ3n) is 7.00. The fraction of sp³-hybridized carbons (Fsp3) is 0.542. The highest BCUT2D eigenvalue weighted by Crippen LogP contribution is 2.36. The average molecular weight is 507 g/mol. The Balaban J connectivity index is 1.38. The van der Waals surface area contributed by atoms with Crippen LogP contribution in [0, 0.1) is 0 Å². The summed E-state index contributed by atoms with van der Waals surface area (Å²) in [5, 5.41) is 5.33. The van der Waals surface area contributed by atoms with Gasteiger partial charge in [-0.25, -0.2) is 4.79 Å². The zero-order chi connectivity index (χ0) is 25.4. The van der Waals surface area contributed by atoms with Crippen molar-refractivity contribution < 1.29 is 22.7 Å². The molecule has 4 heterocycles. The first kappa shape index (κ1) is 24.4. The maximum absolute atomic E-state index is 14.0. The number of ether oxygens (including phenoxy) is 1. The van der Waals surface area contributed by atoms with Crippen LogP contribution in [0.25, 0.3) is 0 Å². The molecule has 2 N–H and O–H groups in total. The largest absolute Gasteiger partial charge is 0.408 e. The Bertz CT molecular complexity index is 1170. The van der Waals surface area contributed by atoms with Crippen LogP contribution in [0.5, 0.6) is 0 Å². The van der Waals surface area contributed by atoms with Crippen molar-refractivity contribution in [1.29, 1.82) is 0 Å². The molecule has 1 unspecified atom stereocenters. The van der Waals surface area contributed by atoms with Crippen LogP contribution in [0.2, 0.25) is 0 Å². The van der Waals surface area contributed by atoms with Crippen molar-refractivity contribution in [2.24, 2.45) is 0 Å². The van der Waals surface area contributed by atoms with Gasteiger partial charge >= 0.3 is 12.2 Å². The summed E-state index contributed by atoms with van der Waals surface area (Å²) in [6, 6.07) is 6.43. The number of nitrogens with zero attached hydrogens (tertiary/aromatic N) is 4. The Hall–Kier alpha value is -3.28. The van der Waals surface area contributed by atoms with E-state index in [2.05, 4.69) is 15.6 Å². The quantitative estimate of drug-likeness (QED) is 0.626. The van der Waals surface area contributed by atoms with Crippen molar-refractivity contribution in [1.82, 2.24) is 14.9 Å². The Morgan fingerprint density at radius 3 is 2.67 bits per heavy atom. The molecule has 9 nitrogen and oxygen atoms in total. The molecule has 0 spiro atoms. The lowest BCUT2D eigenvalue weighted by Gasteiger charge is -2.39. The van der Waals surface area contributed by atoms with Crippen LogP contribution in [0.4, 0.5) is 35.4 Å². The van der Waals surface area contributed by atoms with Gasteiger partial charge in [0.1, 0.15) is 11.9 Å². The number of anilines is 3. The molecule has 2 bridgehead atoms. The van der Waals surface area contributed by atoms with E-state index < -0.39 is 12.2 Å². The molecule has 0 aliphatic carbocycles. The summed E-state index contributed by atoms with van der Waals surface area (Å²) >= 11 is 0. The number of halogens is 3. The molecule has 3 aliphatic heterocycles. The lowest BCUT2D eigenvalue weighted by atomic mass is 10.1. The third kappa shape index (κ3) is 4.86. The van der Waals surface area contributed by atoms with Gasteiger partial charge in [0.15, 0.2) is 0 Å². The number of nitrogens with one attached hydrogen (secondary N) is 2. The molecule has 1 aromatic carbocycles. The van der Waals surface area contributed by atoms with Crippen LogP contribution < -0.4 is 26.0 Å². The van der Waals surface area contributed by atoms with Crippen molar-refractivity contribution in [3.8, 4) is 0 Å². The molecule has 2 amide bonds. The normalized spacial score (nSPS) is 23.1. The molecule has 194 valence electrons. The van der Waals surface area contributed by atoms with E-state index >= 15 is 0 Å². The minimum Gasteiger partial charge on any atom is -0.374 e. The molecular weight excluding hydrogens is 477 g/mol. The Morgan fingerprint density at radius 1 is 1.25 bits per heavy atom. The number of fused-ring (bicyclic) bond motifs is 3. The molecule has 1 aromatic heterocycles. The lowest BCUT2D eigenvalue weighted by molar-refractivity contribution is -0.152. The van der Waals surface area contributed by atoms with Crippen molar-refractivity contribution >= 4 is 23.5 Å². The number of benzene rings is 1. The van der Waals surface area contributed by atoms with Crippen LogP contribution in [-0.4, -0.2) is 66.2 Å². The first-order chi connectivity index (χ1) is 17.2. The monoisotopic (exact) mass is 506 g/mol. The SMILES string of the molecule is CCNC(=O)Nc1ccc(CCN2c3nc(N4C[C@@H]5C[C@H]4CO5)cc(=O)n3CCC2C(F)(F)F)cc1. The van der Waals surface area contributed by atoms with E-state index in [1.807, 2.05) is 11.8 Å². The second kappa shape index (κ2) is 9.64. The Kier molecular flexibility index (Phi) is 6.54. The summed E-state index contributed by atoms with van der Waals surface area (Å²) in [5.74, 6) is 0.472. The second-order valence-electron chi connectivity index (χ2n) is 9.37. The van der Waals surface area contributed by atoms with E-state index in [0.29, 0.717) is 37.6 Å². The Labute approximate surface area is 206 Å². The third-order valence-corrected chi connectivity index (χ3v) is 7.00. The van der Waals surface area contributed by atoms with Gasteiger partial charge in [0.05, 0.1) is 18.8 Å². The van der Waals surface area contributed by atoms with Crippen LogP contribution in [0.1, 0.15) is 25.3 Å². The molecular formula is C24H29F3N6O3. The second-order valence-corrected chi connectivity index (χ2v) is 9.37. The molecule has 2 saturated heterocycles. The number of amides is 2. The predicted octanol–water partition coefficient (Wildman–Crippen LogP) is 2.75. The maximum atomic E-state index is 14.0. The molecule has 2 fully saturated rings. The van der Waals surface area contributed by atoms with Gasteiger partial charge in [0, 0.05) is 37.9 Å². The molecule has 12 heteroatoms. The van der Waals surface area contributed by atoms with Gasteiger partial charge in [-0.3, -0.25) is 9.36 Å². The van der Waals surface area contributed by atoms with Crippen molar-refractivity contribution in [2.75, 3.05) is 41.4 Å². The summed E-state index contributed by atoms with van der Waals surface area (Å²) in [7, 11) is 0. The summed E-state index contributed by atoms with van der Waals surface area (Å²) in [4.78, 5) is 32.4. The van der Waals surface area contributed by atoms with Crippen molar-refractivity contribution in [3.05, 3.63) is 46.2 Å². The van der Waals surface area contributed by atoms with Gasteiger partial charge in [-0.05, 0) is 43.9 Å². The molecule has 2 aromatic rings. The van der Waals surface area contributed by atoms with Crippen LogP contribution in [0.15, 0.2) is 35.1 Å². The summed E-state index contributed by atoms with van der Waals surface area (Å²) < 4.78 is 49.1. The molecule has 0 saturated carbocycles. The van der Waals surface area contributed by atoms with Gasteiger partial charge in [0.2, 0.25) is 5.95 Å². The number of hydrogen-bond donors (Lipinski definition) is 2. The van der Waals surface area contributed by atoms with Crippen LogP contribution >= 0.6 is 0 Å². The van der Waals surface area contributed by atoms with E-state index in [1.165, 1.54) is 15.5 Å². The molecule has 3 aliphatic rings. The molecule has 3 atom stereocenters. The Morgan fingerprint density at radius 2 is 2.03 bits per heavy atom. The number of urea groups is 1. The number of rotatable bonds is 6. The van der Waals surface area contributed by atoms with Gasteiger partial charge in [0.25, 0.3) is 5.56 Å². The summed E-state index contributed by atoms with van der Waals surface area (Å²) in [5.41, 5.74) is 1.05. The number of carbonyl (C=O) groups excluding carboxylic acids is 1. The minimum absolute atomic E-state index is 0.0303. The van der Waals surface area contributed by atoms with Gasteiger partial charge < -0.3 is 25.2 Å². The first-order valence-electron chi connectivity index (χ1n) is 12.2. The molecule has 5 rings (SSSR count). The highest BCUT2D eigenvalue weighted by molar-refractivity contribution is 5.89. The molecule has 0 radical (unpaired) electrons. The topological polar surface area (TPSA) is 91.7 Å². The fourth-order valence-corrected chi connectivity index (χ4v) is 5.22. The van der Waals surface area contributed by atoms with Crippen LogP contribution in [0.3, 0.4) is 0 Å². The van der Waals surface area contributed by atoms with E-state index in [4.69, 9.17) is 4.74 Å².